The van der Waals surface area contributed by atoms with Gasteiger partial charge >= 0.3 is 0 Å². The van der Waals surface area contributed by atoms with Crippen molar-refractivity contribution >= 4 is 61.7 Å². The summed E-state index contributed by atoms with van der Waals surface area (Å²) in [6, 6.07) is 12.2. The summed E-state index contributed by atoms with van der Waals surface area (Å²) >= 11 is 6.93. The number of carbonyl (C=O) groups excluding carboxylic acids is 2. The fraction of sp³-hybridized carbons (Fsp3) is 0.118. The molecule has 28 heavy (non-hydrogen) atoms. The van der Waals surface area contributed by atoms with Crippen molar-refractivity contribution in [2.24, 2.45) is 10.1 Å². The Morgan fingerprint density at radius 3 is 2.43 bits per heavy atom. The maximum atomic E-state index is 12.1. The summed E-state index contributed by atoms with van der Waals surface area (Å²) in [7, 11) is -3.78. The number of anilines is 1. The highest BCUT2D eigenvalue weighted by molar-refractivity contribution is 8.15. The molecular formula is C17H15ClN4O4S2. The van der Waals surface area contributed by atoms with Gasteiger partial charge in [0.05, 0.1) is 10.6 Å². The zero-order valence-electron chi connectivity index (χ0n) is 14.3. The van der Waals surface area contributed by atoms with Gasteiger partial charge in [0.2, 0.25) is 21.8 Å². The van der Waals surface area contributed by atoms with Gasteiger partial charge in [-0.1, -0.05) is 23.4 Å². The minimum atomic E-state index is -3.78. The number of sulfonamides is 1. The predicted octanol–water partition coefficient (Wildman–Crippen LogP) is 2.24. The van der Waals surface area contributed by atoms with Crippen LogP contribution in [-0.2, 0) is 19.6 Å². The van der Waals surface area contributed by atoms with Gasteiger partial charge in [0.1, 0.15) is 5.25 Å². The van der Waals surface area contributed by atoms with Crippen LogP contribution in [0.3, 0.4) is 0 Å². The number of halogens is 1. The van der Waals surface area contributed by atoms with E-state index in [1.165, 1.54) is 24.3 Å². The molecule has 0 saturated carbocycles. The highest BCUT2D eigenvalue weighted by atomic mass is 35.5. The molecule has 2 amide bonds. The van der Waals surface area contributed by atoms with Crippen molar-refractivity contribution in [3.8, 4) is 0 Å². The zero-order valence-corrected chi connectivity index (χ0v) is 16.6. The van der Waals surface area contributed by atoms with E-state index in [9.17, 15) is 18.0 Å². The number of amidine groups is 1. The van der Waals surface area contributed by atoms with Gasteiger partial charge in [-0.2, -0.15) is 0 Å². The molecule has 0 radical (unpaired) electrons. The number of nitrogens with one attached hydrogen (secondary N) is 2. The summed E-state index contributed by atoms with van der Waals surface area (Å²) in [5, 5.41) is 10.6. The number of benzene rings is 2. The first-order valence-electron chi connectivity index (χ1n) is 7.95. The van der Waals surface area contributed by atoms with Crippen LogP contribution < -0.4 is 15.8 Å². The fourth-order valence-electron chi connectivity index (χ4n) is 2.33. The maximum Gasteiger partial charge on any atom is 0.240 e. The van der Waals surface area contributed by atoms with Gasteiger partial charge in [0, 0.05) is 17.1 Å². The zero-order chi connectivity index (χ0) is 20.3. The van der Waals surface area contributed by atoms with Crippen LogP contribution in [0.25, 0.3) is 0 Å². The number of amides is 2. The molecule has 146 valence electrons. The van der Waals surface area contributed by atoms with Gasteiger partial charge in [0.15, 0.2) is 5.17 Å². The second kappa shape index (κ2) is 8.31. The summed E-state index contributed by atoms with van der Waals surface area (Å²) in [5.74, 6) is -0.634. The van der Waals surface area contributed by atoms with Crippen molar-refractivity contribution < 1.29 is 18.0 Å². The first-order valence-corrected chi connectivity index (χ1v) is 10.8. The molecule has 8 nitrogen and oxygen atoms in total. The second-order valence-corrected chi connectivity index (χ2v) is 9.00. The first kappa shape index (κ1) is 20.3. The molecule has 0 aromatic heterocycles. The third kappa shape index (κ3) is 5.32. The van der Waals surface area contributed by atoms with Gasteiger partial charge < -0.3 is 10.6 Å². The molecule has 0 aliphatic carbocycles. The Morgan fingerprint density at radius 2 is 1.82 bits per heavy atom. The molecule has 3 rings (SSSR count). The molecule has 0 bridgehead atoms. The number of hydrogen-bond acceptors (Lipinski definition) is 6. The van der Waals surface area contributed by atoms with Crippen LogP contribution in [0, 0.1) is 0 Å². The lowest BCUT2D eigenvalue weighted by Gasteiger charge is -2.07. The Morgan fingerprint density at radius 1 is 1.18 bits per heavy atom. The van der Waals surface area contributed by atoms with E-state index in [1.54, 1.807) is 24.3 Å². The number of thioether (sulfide) groups is 1. The molecule has 0 spiro atoms. The number of hydrogen-bond donors (Lipinski definition) is 3. The van der Waals surface area contributed by atoms with E-state index in [1.807, 2.05) is 0 Å². The van der Waals surface area contributed by atoms with Gasteiger partial charge in [-0.3, -0.25) is 9.59 Å². The molecule has 1 aliphatic heterocycles. The predicted molar refractivity (Wildman–Crippen MR) is 109 cm³/mol. The molecule has 1 aliphatic rings. The summed E-state index contributed by atoms with van der Waals surface area (Å²) in [5.41, 5.74) is 1.03. The van der Waals surface area contributed by atoms with Crippen molar-refractivity contribution in [1.82, 2.24) is 5.32 Å². The Bertz CT molecular complexity index is 1040. The topological polar surface area (TPSA) is 131 Å². The Hall–Kier alpha value is -2.40. The van der Waals surface area contributed by atoms with Crippen molar-refractivity contribution in [2.75, 3.05) is 5.32 Å². The average Bonchev–Trinajstić information content (AvgIpc) is 2.95. The van der Waals surface area contributed by atoms with Gasteiger partial charge in [-0.15, -0.1) is 0 Å². The lowest BCUT2D eigenvalue weighted by molar-refractivity contribution is -0.122. The molecule has 1 unspecified atom stereocenters. The van der Waals surface area contributed by atoms with E-state index >= 15 is 0 Å². The van der Waals surface area contributed by atoms with E-state index < -0.39 is 15.3 Å². The minimum absolute atomic E-state index is 0.0253. The smallest absolute Gasteiger partial charge is 0.240 e. The molecule has 1 heterocycles. The van der Waals surface area contributed by atoms with Crippen LogP contribution in [0.15, 0.2) is 58.4 Å². The molecule has 4 N–H and O–H groups in total. The van der Waals surface area contributed by atoms with Crippen LogP contribution in [-0.4, -0.2) is 30.6 Å². The third-order valence-electron chi connectivity index (χ3n) is 3.67. The average molecular weight is 439 g/mol. The highest BCUT2D eigenvalue weighted by Crippen LogP contribution is 2.26. The molecule has 1 fully saturated rings. The Labute approximate surface area is 170 Å². The normalized spacial score (nSPS) is 18.1. The standard InChI is InChI=1S/C17H15ClN4O4S2/c18-10-1-3-11(4-2-10)20-15(23)9-14-16(24)22-17(27-14)21-12-5-7-13(8-6-12)28(19,25)26/h1-8,14H,9H2,(H,20,23)(H2,19,25,26)(H,21,22,24). The van der Waals surface area contributed by atoms with Crippen molar-refractivity contribution in [3.63, 3.8) is 0 Å². The van der Waals surface area contributed by atoms with Gasteiger partial charge in [-0.25, -0.2) is 18.5 Å². The number of nitrogens with two attached hydrogens (primary N) is 1. The largest absolute Gasteiger partial charge is 0.326 e. The number of nitrogens with zero attached hydrogens (tertiary/aromatic N) is 1. The Kier molecular flexibility index (Phi) is 6.04. The van der Waals surface area contributed by atoms with E-state index in [-0.39, 0.29) is 23.1 Å². The lowest BCUT2D eigenvalue weighted by Crippen LogP contribution is -2.28. The number of carbonyl (C=O) groups is 2. The number of rotatable bonds is 5. The molecule has 1 atom stereocenters. The van der Waals surface area contributed by atoms with Crippen LogP contribution >= 0.6 is 23.4 Å². The third-order valence-corrected chi connectivity index (χ3v) is 5.93. The SMILES string of the molecule is NS(=O)(=O)c1ccc(N=C2NC(=O)C(CC(=O)Nc3ccc(Cl)cc3)S2)cc1. The minimum Gasteiger partial charge on any atom is -0.326 e. The van der Waals surface area contributed by atoms with Crippen molar-refractivity contribution in [1.29, 1.82) is 0 Å². The molecule has 11 heteroatoms. The van der Waals surface area contributed by atoms with Crippen molar-refractivity contribution in [2.45, 2.75) is 16.6 Å². The highest BCUT2D eigenvalue weighted by Gasteiger charge is 2.32. The molecule has 1 saturated heterocycles. The monoisotopic (exact) mass is 438 g/mol. The van der Waals surface area contributed by atoms with Crippen LogP contribution in [0.4, 0.5) is 11.4 Å². The molecule has 2 aromatic carbocycles. The van der Waals surface area contributed by atoms with E-state index in [2.05, 4.69) is 15.6 Å². The van der Waals surface area contributed by atoms with Gasteiger partial charge in [0.25, 0.3) is 0 Å². The van der Waals surface area contributed by atoms with Gasteiger partial charge in [-0.05, 0) is 48.5 Å². The van der Waals surface area contributed by atoms with Crippen LogP contribution in [0.1, 0.15) is 6.42 Å². The van der Waals surface area contributed by atoms with Crippen molar-refractivity contribution in [3.05, 3.63) is 53.6 Å². The number of aliphatic imine (C=N–C) groups is 1. The summed E-state index contributed by atoms with van der Waals surface area (Å²) in [4.78, 5) is 28.5. The fourth-order valence-corrected chi connectivity index (χ4v) is 3.96. The first-order chi connectivity index (χ1) is 13.2. The summed E-state index contributed by atoms with van der Waals surface area (Å²) in [6.07, 6.45) is -0.0253. The number of primary sulfonamides is 1. The van der Waals surface area contributed by atoms with Crippen LogP contribution in [0.5, 0.6) is 0 Å². The Balaban J connectivity index is 1.62. The maximum absolute atomic E-state index is 12.1. The second-order valence-electron chi connectivity index (χ2n) is 5.81. The van der Waals surface area contributed by atoms with E-state index in [4.69, 9.17) is 16.7 Å². The molecule has 2 aromatic rings. The molecular weight excluding hydrogens is 424 g/mol. The quantitative estimate of drug-likeness (QED) is 0.658. The van der Waals surface area contributed by atoms with E-state index in [0.717, 1.165) is 11.8 Å². The lowest BCUT2D eigenvalue weighted by atomic mass is 10.2. The van der Waals surface area contributed by atoms with E-state index in [0.29, 0.717) is 21.6 Å². The van der Waals surface area contributed by atoms with Crippen LogP contribution in [0.2, 0.25) is 5.02 Å². The summed E-state index contributed by atoms with van der Waals surface area (Å²) < 4.78 is 22.5. The summed E-state index contributed by atoms with van der Waals surface area (Å²) in [6.45, 7) is 0.